The lowest BCUT2D eigenvalue weighted by Gasteiger charge is -2.20. The molecule has 1 rings (SSSR count). The Bertz CT molecular complexity index is 495. The Labute approximate surface area is 106 Å². The molecule has 0 unspecified atom stereocenters. The molecule has 0 fully saturated rings. The van der Waals surface area contributed by atoms with Crippen LogP contribution in [0, 0.1) is 0 Å². The predicted octanol–water partition coefficient (Wildman–Crippen LogP) is 1.69. The number of carboxylic acid groups (broad SMARTS) is 1. The van der Waals surface area contributed by atoms with Crippen LogP contribution in [-0.4, -0.2) is 27.5 Å². The topological polar surface area (TPSA) is 79.3 Å². The van der Waals surface area contributed by atoms with Crippen LogP contribution in [0.4, 0.5) is 13.2 Å². The summed E-state index contributed by atoms with van der Waals surface area (Å²) in [5.74, 6) is -2.07. The Kier molecular flexibility index (Phi) is 3.83. The summed E-state index contributed by atoms with van der Waals surface area (Å²) in [4.78, 5) is 25.5. The summed E-state index contributed by atoms with van der Waals surface area (Å²) in [6.07, 6.45) is -3.84. The van der Waals surface area contributed by atoms with Crippen molar-refractivity contribution in [1.29, 1.82) is 0 Å². The number of nitrogens with zero attached hydrogens (tertiary/aromatic N) is 1. The summed E-state index contributed by atoms with van der Waals surface area (Å²) in [6.45, 7) is 2.51. The van der Waals surface area contributed by atoms with Crippen molar-refractivity contribution in [2.45, 2.75) is 25.6 Å². The molecule has 1 aromatic rings. The molecule has 0 radical (unpaired) electrons. The molecule has 19 heavy (non-hydrogen) atoms. The Morgan fingerprint density at radius 3 is 2.21 bits per heavy atom. The minimum absolute atomic E-state index is 0.151. The molecular formula is C11H11F3N2O3. The van der Waals surface area contributed by atoms with Gasteiger partial charge in [-0.3, -0.25) is 9.78 Å². The number of carbonyl (C=O) groups excluding carboxylic acids is 1. The van der Waals surface area contributed by atoms with E-state index in [0.29, 0.717) is 6.07 Å². The fourth-order valence-electron chi connectivity index (χ4n) is 1.11. The summed E-state index contributed by atoms with van der Waals surface area (Å²) in [7, 11) is 0. The van der Waals surface area contributed by atoms with Crippen molar-refractivity contribution >= 4 is 11.9 Å². The average Bonchev–Trinajstić information content (AvgIpc) is 2.27. The molecule has 1 amide bonds. The summed E-state index contributed by atoms with van der Waals surface area (Å²) < 4.78 is 36.8. The summed E-state index contributed by atoms with van der Waals surface area (Å²) in [6, 6.07) is 1.59. The molecule has 0 atom stereocenters. The number of carboxylic acids is 1. The lowest BCUT2D eigenvalue weighted by molar-refractivity contribution is -0.143. The van der Waals surface area contributed by atoms with Gasteiger partial charge in [0.15, 0.2) is 0 Å². The molecule has 0 aliphatic rings. The highest BCUT2D eigenvalue weighted by Gasteiger charge is 2.33. The van der Waals surface area contributed by atoms with E-state index < -0.39 is 29.3 Å². The first kappa shape index (κ1) is 14.9. The second-order valence-electron chi connectivity index (χ2n) is 4.31. The van der Waals surface area contributed by atoms with Gasteiger partial charge >= 0.3 is 12.1 Å². The van der Waals surface area contributed by atoms with Gasteiger partial charge in [-0.25, -0.2) is 4.79 Å². The Morgan fingerprint density at radius 1 is 1.26 bits per heavy atom. The molecule has 0 aliphatic carbocycles. The largest absolute Gasteiger partial charge is 0.480 e. The molecule has 1 heterocycles. The van der Waals surface area contributed by atoms with E-state index in [4.69, 9.17) is 5.11 Å². The highest BCUT2D eigenvalue weighted by atomic mass is 19.4. The van der Waals surface area contributed by atoms with Crippen LogP contribution in [0.5, 0.6) is 0 Å². The van der Waals surface area contributed by atoms with E-state index >= 15 is 0 Å². The van der Waals surface area contributed by atoms with E-state index in [1.165, 1.54) is 13.8 Å². The van der Waals surface area contributed by atoms with Crippen LogP contribution in [0.15, 0.2) is 18.3 Å². The van der Waals surface area contributed by atoms with E-state index in [0.717, 1.165) is 12.3 Å². The van der Waals surface area contributed by atoms with Crippen molar-refractivity contribution in [1.82, 2.24) is 10.3 Å². The number of hydrogen-bond donors (Lipinski definition) is 2. The van der Waals surface area contributed by atoms with Crippen molar-refractivity contribution in [3.05, 3.63) is 29.6 Å². The monoisotopic (exact) mass is 276 g/mol. The maximum absolute atomic E-state index is 12.3. The molecule has 2 N–H and O–H groups in total. The molecule has 0 bridgehead atoms. The molecule has 0 saturated heterocycles. The quantitative estimate of drug-likeness (QED) is 0.880. The summed E-state index contributed by atoms with van der Waals surface area (Å²) in [5.41, 5.74) is -2.80. The molecule has 0 saturated carbocycles. The normalized spacial score (nSPS) is 12.1. The SMILES string of the molecule is CC(C)(NC(=O)c1ccc(C(F)(F)F)nc1)C(=O)O. The zero-order chi connectivity index (χ0) is 14.8. The van der Waals surface area contributed by atoms with Crippen molar-refractivity contribution in [2.75, 3.05) is 0 Å². The third kappa shape index (κ3) is 3.67. The maximum Gasteiger partial charge on any atom is 0.433 e. The van der Waals surface area contributed by atoms with Crippen LogP contribution in [0.1, 0.15) is 29.9 Å². The van der Waals surface area contributed by atoms with Crippen LogP contribution in [-0.2, 0) is 11.0 Å². The van der Waals surface area contributed by atoms with Crippen LogP contribution in [0.2, 0.25) is 0 Å². The number of rotatable bonds is 3. The first-order valence-electron chi connectivity index (χ1n) is 5.13. The molecule has 104 valence electrons. The minimum atomic E-state index is -4.59. The van der Waals surface area contributed by atoms with Gasteiger partial charge in [0.05, 0.1) is 5.56 Å². The number of alkyl halides is 3. The smallest absolute Gasteiger partial charge is 0.433 e. The van der Waals surface area contributed by atoms with Crippen LogP contribution < -0.4 is 5.32 Å². The van der Waals surface area contributed by atoms with E-state index in [9.17, 15) is 22.8 Å². The number of aromatic nitrogens is 1. The molecular weight excluding hydrogens is 265 g/mol. The van der Waals surface area contributed by atoms with Gasteiger partial charge in [-0.1, -0.05) is 0 Å². The van der Waals surface area contributed by atoms with Crippen molar-refractivity contribution < 1.29 is 27.9 Å². The van der Waals surface area contributed by atoms with Gasteiger partial charge in [0.25, 0.3) is 5.91 Å². The second kappa shape index (κ2) is 4.87. The average molecular weight is 276 g/mol. The fourth-order valence-corrected chi connectivity index (χ4v) is 1.11. The summed E-state index contributed by atoms with van der Waals surface area (Å²) >= 11 is 0. The molecule has 0 spiro atoms. The van der Waals surface area contributed by atoms with Crippen LogP contribution in [0.3, 0.4) is 0 Å². The third-order valence-electron chi connectivity index (χ3n) is 2.28. The minimum Gasteiger partial charge on any atom is -0.480 e. The van der Waals surface area contributed by atoms with Gasteiger partial charge in [-0.05, 0) is 26.0 Å². The molecule has 8 heteroatoms. The van der Waals surface area contributed by atoms with E-state index in [-0.39, 0.29) is 5.56 Å². The molecule has 0 aromatic carbocycles. The highest BCUT2D eigenvalue weighted by Crippen LogP contribution is 2.27. The molecule has 5 nitrogen and oxygen atoms in total. The number of nitrogens with one attached hydrogen (secondary N) is 1. The van der Waals surface area contributed by atoms with Gasteiger partial charge in [-0.15, -0.1) is 0 Å². The van der Waals surface area contributed by atoms with Gasteiger partial charge in [0.2, 0.25) is 0 Å². The zero-order valence-electron chi connectivity index (χ0n) is 10.1. The number of carbonyl (C=O) groups is 2. The third-order valence-corrected chi connectivity index (χ3v) is 2.28. The first-order valence-corrected chi connectivity index (χ1v) is 5.13. The van der Waals surface area contributed by atoms with Gasteiger partial charge in [0, 0.05) is 6.20 Å². The fraction of sp³-hybridized carbons (Fsp3) is 0.364. The number of aliphatic carboxylic acids is 1. The predicted molar refractivity (Wildman–Crippen MR) is 58.4 cm³/mol. The van der Waals surface area contributed by atoms with Crippen LogP contribution >= 0.6 is 0 Å². The van der Waals surface area contributed by atoms with E-state index in [1.807, 2.05) is 0 Å². The Hall–Kier alpha value is -2.12. The Balaban J connectivity index is 2.88. The number of pyridine rings is 1. The van der Waals surface area contributed by atoms with E-state index in [2.05, 4.69) is 10.3 Å². The zero-order valence-corrected chi connectivity index (χ0v) is 10.1. The van der Waals surface area contributed by atoms with Crippen LogP contribution in [0.25, 0.3) is 0 Å². The molecule has 0 aliphatic heterocycles. The van der Waals surface area contributed by atoms with Crippen molar-refractivity contribution in [3.8, 4) is 0 Å². The second-order valence-corrected chi connectivity index (χ2v) is 4.31. The van der Waals surface area contributed by atoms with Crippen molar-refractivity contribution in [3.63, 3.8) is 0 Å². The highest BCUT2D eigenvalue weighted by molar-refractivity contribution is 5.97. The summed E-state index contributed by atoms with van der Waals surface area (Å²) in [5, 5.41) is 11.0. The van der Waals surface area contributed by atoms with Gasteiger partial charge in [-0.2, -0.15) is 13.2 Å². The number of hydrogen-bond acceptors (Lipinski definition) is 3. The number of halogens is 3. The van der Waals surface area contributed by atoms with Crippen molar-refractivity contribution in [2.24, 2.45) is 0 Å². The van der Waals surface area contributed by atoms with Gasteiger partial charge < -0.3 is 10.4 Å². The molecule has 1 aromatic heterocycles. The standard InChI is InChI=1S/C11H11F3N2O3/c1-10(2,9(18)19)16-8(17)6-3-4-7(15-5-6)11(12,13)14/h3-5H,1-2H3,(H,16,17)(H,18,19). The lowest BCUT2D eigenvalue weighted by Crippen LogP contribution is -2.49. The lowest BCUT2D eigenvalue weighted by atomic mass is 10.1. The first-order chi connectivity index (χ1) is 8.54. The van der Waals surface area contributed by atoms with Gasteiger partial charge in [0.1, 0.15) is 11.2 Å². The number of amides is 1. The Morgan fingerprint density at radius 2 is 1.84 bits per heavy atom. The van der Waals surface area contributed by atoms with E-state index in [1.54, 1.807) is 0 Å². The maximum atomic E-state index is 12.3.